The Labute approximate surface area is 124 Å². The van der Waals surface area contributed by atoms with Crippen molar-refractivity contribution in [2.24, 2.45) is 15.9 Å². The fourth-order valence-corrected chi connectivity index (χ4v) is 1.64. The summed E-state index contributed by atoms with van der Waals surface area (Å²) >= 11 is 0. The van der Waals surface area contributed by atoms with Gasteiger partial charge in [-0.1, -0.05) is 18.2 Å². The van der Waals surface area contributed by atoms with Gasteiger partial charge in [-0.3, -0.25) is 9.97 Å². The van der Waals surface area contributed by atoms with Gasteiger partial charge >= 0.3 is 0 Å². The van der Waals surface area contributed by atoms with Gasteiger partial charge in [0.05, 0.1) is 5.69 Å². The maximum Gasteiger partial charge on any atom is 0.172 e. The molecule has 2 rings (SSSR count). The van der Waals surface area contributed by atoms with Gasteiger partial charge < -0.3 is 5.73 Å². The molecule has 0 radical (unpaired) electrons. The van der Waals surface area contributed by atoms with Crippen LogP contribution in [0.2, 0.25) is 0 Å². The Morgan fingerprint density at radius 3 is 2.14 bits per heavy atom. The first kappa shape index (κ1) is 14.6. The molecule has 5 heteroatoms. The fourth-order valence-electron chi connectivity index (χ4n) is 1.64. The molecule has 21 heavy (non-hydrogen) atoms. The number of amidine groups is 1. The van der Waals surface area contributed by atoms with Crippen LogP contribution in [0.4, 0.5) is 0 Å². The van der Waals surface area contributed by atoms with E-state index < -0.39 is 0 Å². The molecule has 106 valence electrons. The van der Waals surface area contributed by atoms with Crippen molar-refractivity contribution in [3.05, 3.63) is 71.8 Å². The summed E-state index contributed by atoms with van der Waals surface area (Å²) in [4.78, 5) is 8.44. The number of nitrogens with zero attached hydrogens (tertiary/aromatic N) is 4. The Morgan fingerprint density at radius 1 is 1.00 bits per heavy atom. The number of pyridine rings is 2. The van der Waals surface area contributed by atoms with Crippen LogP contribution in [0.1, 0.15) is 25.2 Å². The smallest absolute Gasteiger partial charge is 0.172 e. The van der Waals surface area contributed by atoms with E-state index >= 15 is 0 Å². The van der Waals surface area contributed by atoms with E-state index in [1.165, 1.54) is 0 Å². The quantitative estimate of drug-likeness (QED) is 0.531. The van der Waals surface area contributed by atoms with Crippen LogP contribution >= 0.6 is 0 Å². The molecular formula is C16H17N5. The SMILES string of the molecule is CC=C(C)/C(=N/N=C(N)c1ccccn1)c1ccccn1. The van der Waals surface area contributed by atoms with Crippen LogP contribution in [-0.4, -0.2) is 21.5 Å². The summed E-state index contributed by atoms with van der Waals surface area (Å²) in [7, 11) is 0. The van der Waals surface area contributed by atoms with Gasteiger partial charge in [-0.2, -0.15) is 0 Å². The van der Waals surface area contributed by atoms with Crippen LogP contribution < -0.4 is 5.73 Å². The van der Waals surface area contributed by atoms with E-state index in [0.717, 1.165) is 11.3 Å². The van der Waals surface area contributed by atoms with Gasteiger partial charge in [0, 0.05) is 12.4 Å². The molecule has 0 bridgehead atoms. The molecule has 0 atom stereocenters. The van der Waals surface area contributed by atoms with Crippen molar-refractivity contribution >= 4 is 11.5 Å². The van der Waals surface area contributed by atoms with E-state index in [1.54, 1.807) is 18.5 Å². The van der Waals surface area contributed by atoms with Crippen molar-refractivity contribution in [3.63, 3.8) is 0 Å². The molecule has 0 aliphatic carbocycles. The molecule has 2 aromatic heterocycles. The third-order valence-electron chi connectivity index (χ3n) is 2.90. The van der Waals surface area contributed by atoms with Crippen LogP contribution in [0.3, 0.4) is 0 Å². The largest absolute Gasteiger partial charge is 0.380 e. The summed E-state index contributed by atoms with van der Waals surface area (Å²) in [5, 5.41) is 8.33. The topological polar surface area (TPSA) is 76.5 Å². The van der Waals surface area contributed by atoms with Crippen molar-refractivity contribution in [2.75, 3.05) is 0 Å². The molecule has 0 aliphatic rings. The number of nitrogens with two attached hydrogens (primary N) is 1. The predicted molar refractivity (Wildman–Crippen MR) is 85.2 cm³/mol. The van der Waals surface area contributed by atoms with Crippen molar-refractivity contribution in [1.29, 1.82) is 0 Å². The maximum atomic E-state index is 5.90. The third kappa shape index (κ3) is 3.82. The average Bonchev–Trinajstić information content (AvgIpc) is 2.56. The van der Waals surface area contributed by atoms with Gasteiger partial charge in [-0.15, -0.1) is 10.2 Å². The second-order valence-corrected chi connectivity index (χ2v) is 4.34. The summed E-state index contributed by atoms with van der Waals surface area (Å²) in [6, 6.07) is 11.1. The third-order valence-corrected chi connectivity index (χ3v) is 2.90. The summed E-state index contributed by atoms with van der Waals surface area (Å²) in [6.07, 6.45) is 5.35. The molecule has 0 aromatic carbocycles. The Balaban J connectivity index is 2.38. The molecule has 0 saturated carbocycles. The maximum absolute atomic E-state index is 5.90. The Morgan fingerprint density at radius 2 is 1.62 bits per heavy atom. The number of hydrogen-bond acceptors (Lipinski definition) is 4. The molecular weight excluding hydrogens is 262 g/mol. The minimum absolute atomic E-state index is 0.271. The van der Waals surface area contributed by atoms with Gasteiger partial charge in [-0.25, -0.2) is 0 Å². The minimum Gasteiger partial charge on any atom is -0.380 e. The van der Waals surface area contributed by atoms with Crippen LogP contribution in [-0.2, 0) is 0 Å². The van der Waals surface area contributed by atoms with Crippen LogP contribution in [0.15, 0.2) is 70.6 Å². The van der Waals surface area contributed by atoms with E-state index in [-0.39, 0.29) is 5.84 Å². The number of aromatic nitrogens is 2. The molecule has 0 unspecified atom stereocenters. The molecule has 2 N–H and O–H groups in total. The Bertz CT molecular complexity index is 672. The van der Waals surface area contributed by atoms with Crippen LogP contribution in [0.5, 0.6) is 0 Å². The van der Waals surface area contributed by atoms with Crippen molar-refractivity contribution < 1.29 is 0 Å². The highest BCUT2D eigenvalue weighted by atomic mass is 15.2. The van der Waals surface area contributed by atoms with Crippen molar-refractivity contribution in [2.45, 2.75) is 13.8 Å². The fraction of sp³-hybridized carbons (Fsp3) is 0.125. The molecule has 2 heterocycles. The molecule has 5 nitrogen and oxygen atoms in total. The second-order valence-electron chi connectivity index (χ2n) is 4.34. The summed E-state index contributed by atoms with van der Waals surface area (Å²) in [5.74, 6) is 0.271. The molecule has 2 aromatic rings. The van der Waals surface area contributed by atoms with E-state index in [9.17, 15) is 0 Å². The highest BCUT2D eigenvalue weighted by molar-refractivity contribution is 6.11. The number of hydrogen-bond donors (Lipinski definition) is 1. The summed E-state index contributed by atoms with van der Waals surface area (Å²) in [6.45, 7) is 3.90. The Kier molecular flexibility index (Phi) is 4.93. The summed E-state index contributed by atoms with van der Waals surface area (Å²) in [5.41, 5.74) is 8.93. The van der Waals surface area contributed by atoms with Gasteiger partial charge in [0.15, 0.2) is 5.84 Å². The standard InChI is InChI=1S/C16H17N5/c1-3-12(2)15(13-8-4-6-10-18-13)20-21-16(17)14-9-5-7-11-19-14/h3-11H,1-2H3,(H2,17,21)/b12-3?,20-15-. The highest BCUT2D eigenvalue weighted by Crippen LogP contribution is 2.07. The monoisotopic (exact) mass is 279 g/mol. The van der Waals surface area contributed by atoms with Gasteiger partial charge in [-0.05, 0) is 43.7 Å². The van der Waals surface area contributed by atoms with Crippen molar-refractivity contribution in [1.82, 2.24) is 9.97 Å². The number of rotatable bonds is 4. The molecule has 0 amide bonds. The lowest BCUT2D eigenvalue weighted by atomic mass is 10.1. The first-order valence-corrected chi connectivity index (χ1v) is 6.59. The average molecular weight is 279 g/mol. The number of allylic oxidation sites excluding steroid dienone is 2. The zero-order chi connectivity index (χ0) is 15.1. The van der Waals surface area contributed by atoms with E-state index in [0.29, 0.717) is 11.4 Å². The van der Waals surface area contributed by atoms with Gasteiger partial charge in [0.25, 0.3) is 0 Å². The first-order valence-electron chi connectivity index (χ1n) is 6.59. The second kappa shape index (κ2) is 7.09. The van der Waals surface area contributed by atoms with E-state index in [4.69, 9.17) is 5.73 Å². The molecule has 0 fully saturated rings. The highest BCUT2D eigenvalue weighted by Gasteiger charge is 2.07. The zero-order valence-electron chi connectivity index (χ0n) is 12.1. The van der Waals surface area contributed by atoms with Crippen LogP contribution in [0, 0.1) is 0 Å². The first-order chi connectivity index (χ1) is 10.2. The van der Waals surface area contributed by atoms with E-state index in [1.807, 2.05) is 50.3 Å². The predicted octanol–water partition coefficient (Wildman–Crippen LogP) is 2.55. The minimum atomic E-state index is 0.271. The summed E-state index contributed by atoms with van der Waals surface area (Å²) < 4.78 is 0. The Hall–Kier alpha value is -2.82. The lowest BCUT2D eigenvalue weighted by Gasteiger charge is -2.04. The molecule has 0 aliphatic heterocycles. The lowest BCUT2D eigenvalue weighted by molar-refractivity contribution is 1.17. The van der Waals surface area contributed by atoms with Gasteiger partial charge in [0.2, 0.25) is 0 Å². The van der Waals surface area contributed by atoms with Gasteiger partial charge in [0.1, 0.15) is 11.4 Å². The molecule has 0 saturated heterocycles. The molecule has 0 spiro atoms. The van der Waals surface area contributed by atoms with Crippen molar-refractivity contribution in [3.8, 4) is 0 Å². The zero-order valence-corrected chi connectivity index (χ0v) is 12.1. The lowest BCUT2D eigenvalue weighted by Crippen LogP contribution is -2.15. The van der Waals surface area contributed by atoms with Crippen LogP contribution in [0.25, 0.3) is 0 Å². The normalized spacial score (nSPS) is 13.3. The van der Waals surface area contributed by atoms with E-state index in [2.05, 4.69) is 20.2 Å².